The fourth-order valence-electron chi connectivity index (χ4n) is 5.29. The van der Waals surface area contributed by atoms with E-state index in [4.69, 9.17) is 30.5 Å². The standard InChI is InChI=1S/C19H21ClO4/c1-21-14-5-3-12-2-4-13-6-7-19(22-10-11-23-19)17-18(13,8-9-20)15(12)16(14)24-17/h2-5,13,17H,6-11H2,1H3. The number of allylic oxidation sites excluding steroid dienone is 1. The molecule has 2 aliphatic heterocycles. The minimum Gasteiger partial charge on any atom is -0.493 e. The molecular weight excluding hydrogens is 328 g/mol. The summed E-state index contributed by atoms with van der Waals surface area (Å²) < 4.78 is 24.4. The number of hydrogen-bond donors (Lipinski definition) is 0. The summed E-state index contributed by atoms with van der Waals surface area (Å²) in [5.41, 5.74) is 2.24. The Morgan fingerprint density at radius 2 is 2.12 bits per heavy atom. The van der Waals surface area contributed by atoms with Crippen molar-refractivity contribution in [1.82, 2.24) is 0 Å². The van der Waals surface area contributed by atoms with Gasteiger partial charge in [0.2, 0.25) is 5.79 Å². The maximum Gasteiger partial charge on any atom is 0.206 e. The molecule has 2 heterocycles. The van der Waals surface area contributed by atoms with Crippen LogP contribution in [0.25, 0.3) is 6.08 Å². The normalized spacial score (nSPS) is 34.2. The summed E-state index contributed by atoms with van der Waals surface area (Å²) in [5.74, 6) is 1.94. The first-order valence-electron chi connectivity index (χ1n) is 8.65. The van der Waals surface area contributed by atoms with E-state index in [0.29, 0.717) is 25.0 Å². The first-order valence-corrected chi connectivity index (χ1v) is 9.19. The predicted molar refractivity (Wildman–Crippen MR) is 90.8 cm³/mol. The molecule has 5 heteroatoms. The molecule has 2 aliphatic carbocycles. The molecule has 1 spiro atoms. The van der Waals surface area contributed by atoms with Crippen LogP contribution in [0.2, 0.25) is 0 Å². The summed E-state index contributed by atoms with van der Waals surface area (Å²) in [6, 6.07) is 4.09. The minimum atomic E-state index is -0.658. The van der Waals surface area contributed by atoms with E-state index in [1.54, 1.807) is 7.11 Å². The van der Waals surface area contributed by atoms with Crippen molar-refractivity contribution in [3.8, 4) is 11.5 Å². The molecule has 5 rings (SSSR count). The molecule has 24 heavy (non-hydrogen) atoms. The van der Waals surface area contributed by atoms with Crippen LogP contribution in [0.1, 0.15) is 30.4 Å². The summed E-state index contributed by atoms with van der Waals surface area (Å²) in [6.07, 6.45) is 7.08. The largest absolute Gasteiger partial charge is 0.493 e. The zero-order valence-electron chi connectivity index (χ0n) is 13.7. The van der Waals surface area contributed by atoms with E-state index in [-0.39, 0.29) is 11.5 Å². The first kappa shape index (κ1) is 15.1. The third kappa shape index (κ3) is 1.67. The molecule has 2 fully saturated rings. The Balaban J connectivity index is 1.76. The van der Waals surface area contributed by atoms with Crippen LogP contribution in [0.15, 0.2) is 18.2 Å². The molecule has 0 bridgehead atoms. The number of halogens is 1. The highest BCUT2D eigenvalue weighted by molar-refractivity contribution is 6.17. The fourth-order valence-corrected chi connectivity index (χ4v) is 5.60. The second kappa shape index (κ2) is 5.13. The lowest BCUT2D eigenvalue weighted by Gasteiger charge is -2.51. The van der Waals surface area contributed by atoms with Crippen molar-refractivity contribution >= 4 is 17.7 Å². The Bertz CT molecular complexity index is 710. The number of fused-ring (bicyclic) bond motifs is 1. The van der Waals surface area contributed by atoms with Crippen molar-refractivity contribution in [3.63, 3.8) is 0 Å². The molecular formula is C19H21ClO4. The van der Waals surface area contributed by atoms with E-state index in [1.165, 1.54) is 11.1 Å². The van der Waals surface area contributed by atoms with E-state index < -0.39 is 5.79 Å². The van der Waals surface area contributed by atoms with Gasteiger partial charge in [0.15, 0.2) is 17.6 Å². The van der Waals surface area contributed by atoms with Crippen molar-refractivity contribution in [3.05, 3.63) is 29.3 Å². The lowest BCUT2D eigenvalue weighted by Crippen LogP contribution is -2.62. The SMILES string of the molecule is COc1ccc2c3c1OC1C4(CCC(C=C2)C31CCCl)OCCO4. The minimum absolute atomic E-state index is 0.181. The van der Waals surface area contributed by atoms with Gasteiger partial charge < -0.3 is 18.9 Å². The zero-order chi connectivity index (χ0) is 16.4. The predicted octanol–water partition coefficient (Wildman–Crippen LogP) is 3.50. The number of rotatable bonds is 3. The third-order valence-corrected chi connectivity index (χ3v) is 6.39. The van der Waals surface area contributed by atoms with E-state index in [9.17, 15) is 0 Å². The zero-order valence-corrected chi connectivity index (χ0v) is 14.5. The molecule has 0 N–H and O–H groups in total. The quantitative estimate of drug-likeness (QED) is 0.783. The van der Waals surface area contributed by atoms with Gasteiger partial charge in [-0.2, -0.15) is 0 Å². The molecule has 0 aromatic heterocycles. The van der Waals surface area contributed by atoms with Gasteiger partial charge in [-0.15, -0.1) is 11.6 Å². The number of alkyl halides is 1. The van der Waals surface area contributed by atoms with Gasteiger partial charge in [0.05, 0.1) is 20.3 Å². The van der Waals surface area contributed by atoms with Gasteiger partial charge >= 0.3 is 0 Å². The average molecular weight is 349 g/mol. The Hall–Kier alpha value is -1.23. The maximum atomic E-state index is 6.54. The van der Waals surface area contributed by atoms with Gasteiger partial charge in [-0.05, 0) is 30.4 Å². The highest BCUT2D eigenvalue weighted by atomic mass is 35.5. The van der Waals surface area contributed by atoms with Crippen LogP contribution in [0.4, 0.5) is 0 Å². The molecule has 1 saturated carbocycles. The summed E-state index contributed by atoms with van der Waals surface area (Å²) in [7, 11) is 1.69. The molecule has 0 radical (unpaired) electrons. The fraction of sp³-hybridized carbons (Fsp3) is 0.579. The highest BCUT2D eigenvalue weighted by Crippen LogP contribution is 2.64. The Kier molecular flexibility index (Phi) is 3.22. The Morgan fingerprint density at radius 3 is 2.88 bits per heavy atom. The Morgan fingerprint density at radius 1 is 1.29 bits per heavy atom. The van der Waals surface area contributed by atoms with Crippen molar-refractivity contribution in [2.75, 3.05) is 26.2 Å². The number of hydrogen-bond acceptors (Lipinski definition) is 4. The van der Waals surface area contributed by atoms with Crippen LogP contribution < -0.4 is 9.47 Å². The van der Waals surface area contributed by atoms with Gasteiger partial charge in [0, 0.05) is 23.3 Å². The van der Waals surface area contributed by atoms with Crippen LogP contribution in [-0.4, -0.2) is 38.1 Å². The summed E-state index contributed by atoms with van der Waals surface area (Å²) in [6.45, 7) is 1.25. The lowest BCUT2D eigenvalue weighted by atomic mass is 9.56. The van der Waals surface area contributed by atoms with Crippen molar-refractivity contribution in [1.29, 1.82) is 0 Å². The topological polar surface area (TPSA) is 36.9 Å². The van der Waals surface area contributed by atoms with Crippen molar-refractivity contribution in [2.24, 2.45) is 5.92 Å². The van der Waals surface area contributed by atoms with Crippen molar-refractivity contribution < 1.29 is 18.9 Å². The van der Waals surface area contributed by atoms with Gasteiger partial charge in [-0.3, -0.25) is 0 Å². The van der Waals surface area contributed by atoms with Crippen LogP contribution in [0.5, 0.6) is 11.5 Å². The van der Waals surface area contributed by atoms with E-state index in [1.807, 2.05) is 6.07 Å². The van der Waals surface area contributed by atoms with Gasteiger partial charge in [0.25, 0.3) is 0 Å². The second-order valence-electron chi connectivity index (χ2n) is 7.05. The molecule has 1 aromatic carbocycles. The molecule has 4 aliphatic rings. The second-order valence-corrected chi connectivity index (χ2v) is 7.43. The first-order chi connectivity index (χ1) is 11.7. The summed E-state index contributed by atoms with van der Waals surface area (Å²) >= 11 is 6.28. The molecule has 3 unspecified atom stereocenters. The maximum absolute atomic E-state index is 6.54. The Labute approximate surface area is 146 Å². The lowest BCUT2D eigenvalue weighted by molar-refractivity contribution is -0.247. The molecule has 0 amide bonds. The van der Waals surface area contributed by atoms with E-state index in [0.717, 1.165) is 30.8 Å². The van der Waals surface area contributed by atoms with Crippen molar-refractivity contribution in [2.45, 2.75) is 36.6 Å². The summed E-state index contributed by atoms with van der Waals surface area (Å²) in [4.78, 5) is 0. The monoisotopic (exact) mass is 348 g/mol. The third-order valence-electron chi connectivity index (χ3n) is 6.20. The molecule has 1 aromatic rings. The number of methoxy groups -OCH3 is 1. The van der Waals surface area contributed by atoms with Crippen LogP contribution in [-0.2, 0) is 14.9 Å². The molecule has 1 saturated heterocycles. The molecule has 3 atom stereocenters. The smallest absolute Gasteiger partial charge is 0.206 e. The average Bonchev–Trinajstić information content (AvgIpc) is 3.20. The van der Waals surface area contributed by atoms with Gasteiger partial charge in [-0.25, -0.2) is 0 Å². The van der Waals surface area contributed by atoms with Crippen LogP contribution >= 0.6 is 11.6 Å². The van der Waals surface area contributed by atoms with Gasteiger partial charge in [0.1, 0.15) is 0 Å². The van der Waals surface area contributed by atoms with E-state index >= 15 is 0 Å². The van der Waals surface area contributed by atoms with Crippen LogP contribution in [0.3, 0.4) is 0 Å². The highest BCUT2D eigenvalue weighted by Gasteiger charge is 2.67. The van der Waals surface area contributed by atoms with Gasteiger partial charge in [-0.1, -0.05) is 18.2 Å². The summed E-state index contributed by atoms with van der Waals surface area (Å²) in [5, 5.41) is 0. The number of ether oxygens (including phenoxy) is 4. The molecule has 4 nitrogen and oxygen atoms in total. The van der Waals surface area contributed by atoms with Crippen LogP contribution in [0, 0.1) is 5.92 Å². The van der Waals surface area contributed by atoms with E-state index in [2.05, 4.69) is 18.2 Å². The number of benzene rings is 1. The molecule has 128 valence electrons.